The van der Waals surface area contributed by atoms with Crippen LogP contribution in [-0.4, -0.2) is 30.8 Å². The maximum Gasteiger partial charge on any atom is 0.337 e. The molecule has 0 bridgehead atoms. The molecule has 0 aromatic heterocycles. The number of aromatic carboxylic acids is 1. The van der Waals surface area contributed by atoms with E-state index in [-0.39, 0.29) is 0 Å². The molecule has 1 aliphatic carbocycles. The highest BCUT2D eigenvalue weighted by Gasteiger charge is 2.30. The lowest BCUT2D eigenvalue weighted by molar-refractivity contribution is 0.0697. The van der Waals surface area contributed by atoms with Gasteiger partial charge in [0.1, 0.15) is 5.75 Å². The molecule has 1 aromatic rings. The van der Waals surface area contributed by atoms with Gasteiger partial charge in [0, 0.05) is 18.7 Å². The maximum atomic E-state index is 11.2. The maximum absolute atomic E-state index is 11.2. The second kappa shape index (κ2) is 4.65. The number of carboxylic acids is 1. The van der Waals surface area contributed by atoms with Crippen LogP contribution < -0.4 is 9.64 Å². The molecule has 1 aromatic carbocycles. The molecular weight excluding hydrogens is 218 g/mol. The Morgan fingerprint density at radius 2 is 2.24 bits per heavy atom. The first kappa shape index (κ1) is 11.8. The fraction of sp³-hybridized carbons (Fsp3) is 0.462. The summed E-state index contributed by atoms with van der Waals surface area (Å²) in [5, 5.41) is 9.21. The number of ether oxygens (including phenoxy) is 1. The van der Waals surface area contributed by atoms with Crippen molar-refractivity contribution >= 4 is 11.7 Å². The third kappa shape index (κ3) is 2.35. The number of hydrogen-bond donors (Lipinski definition) is 1. The standard InChI is InChI=1S/C13H17NO3/c1-3-14(9-4-5-9)12-8-10(17-2)6-7-11(12)13(15)16/h6-9H,3-5H2,1-2H3,(H,15,16). The number of anilines is 1. The fourth-order valence-corrected chi connectivity index (χ4v) is 2.07. The highest BCUT2D eigenvalue weighted by atomic mass is 16.5. The van der Waals surface area contributed by atoms with E-state index in [0.717, 1.165) is 25.1 Å². The van der Waals surface area contributed by atoms with E-state index in [0.29, 0.717) is 17.4 Å². The van der Waals surface area contributed by atoms with Crippen molar-refractivity contribution in [2.45, 2.75) is 25.8 Å². The van der Waals surface area contributed by atoms with Crippen LogP contribution in [0.1, 0.15) is 30.1 Å². The molecule has 1 fully saturated rings. The van der Waals surface area contributed by atoms with E-state index >= 15 is 0 Å². The van der Waals surface area contributed by atoms with E-state index in [9.17, 15) is 9.90 Å². The Kier molecular flexibility index (Phi) is 3.22. The van der Waals surface area contributed by atoms with Crippen molar-refractivity contribution in [3.8, 4) is 5.75 Å². The molecule has 0 saturated heterocycles. The van der Waals surface area contributed by atoms with E-state index < -0.39 is 5.97 Å². The zero-order chi connectivity index (χ0) is 12.4. The van der Waals surface area contributed by atoms with Crippen molar-refractivity contribution in [1.29, 1.82) is 0 Å². The quantitative estimate of drug-likeness (QED) is 0.851. The van der Waals surface area contributed by atoms with Crippen molar-refractivity contribution in [3.05, 3.63) is 23.8 Å². The monoisotopic (exact) mass is 235 g/mol. The molecule has 0 amide bonds. The van der Waals surface area contributed by atoms with Gasteiger partial charge in [0.2, 0.25) is 0 Å². The molecule has 0 radical (unpaired) electrons. The van der Waals surface area contributed by atoms with Crippen LogP contribution in [0.5, 0.6) is 5.75 Å². The average Bonchev–Trinajstić information content (AvgIpc) is 3.14. The second-order valence-electron chi connectivity index (χ2n) is 4.21. The highest BCUT2D eigenvalue weighted by molar-refractivity contribution is 5.95. The van der Waals surface area contributed by atoms with Gasteiger partial charge in [-0.1, -0.05) is 0 Å². The topological polar surface area (TPSA) is 49.8 Å². The molecule has 0 atom stereocenters. The molecule has 2 rings (SSSR count). The normalized spacial score (nSPS) is 14.5. The van der Waals surface area contributed by atoms with Gasteiger partial charge in [-0.15, -0.1) is 0 Å². The number of hydrogen-bond acceptors (Lipinski definition) is 3. The minimum Gasteiger partial charge on any atom is -0.497 e. The van der Waals surface area contributed by atoms with E-state index in [1.54, 1.807) is 19.2 Å². The third-order valence-electron chi connectivity index (χ3n) is 3.07. The van der Waals surface area contributed by atoms with Crippen molar-refractivity contribution < 1.29 is 14.6 Å². The molecule has 4 heteroatoms. The van der Waals surface area contributed by atoms with Crippen LogP contribution >= 0.6 is 0 Å². The van der Waals surface area contributed by atoms with Crippen molar-refractivity contribution in [3.63, 3.8) is 0 Å². The molecule has 4 nitrogen and oxygen atoms in total. The summed E-state index contributed by atoms with van der Waals surface area (Å²) in [4.78, 5) is 13.4. The number of nitrogens with zero attached hydrogens (tertiary/aromatic N) is 1. The first-order valence-corrected chi connectivity index (χ1v) is 5.85. The van der Waals surface area contributed by atoms with Crippen LogP contribution in [0.25, 0.3) is 0 Å². The van der Waals surface area contributed by atoms with Gasteiger partial charge in [0.25, 0.3) is 0 Å². The van der Waals surface area contributed by atoms with Crippen molar-refractivity contribution in [2.24, 2.45) is 0 Å². The summed E-state index contributed by atoms with van der Waals surface area (Å²) in [5.74, 6) is -0.189. The van der Waals surface area contributed by atoms with Gasteiger partial charge >= 0.3 is 5.97 Å². The SMILES string of the molecule is CCN(c1cc(OC)ccc1C(=O)O)C1CC1. The lowest BCUT2D eigenvalue weighted by Crippen LogP contribution is -2.27. The fourth-order valence-electron chi connectivity index (χ4n) is 2.07. The Morgan fingerprint density at radius 3 is 2.71 bits per heavy atom. The molecule has 1 saturated carbocycles. The largest absolute Gasteiger partial charge is 0.497 e. The van der Waals surface area contributed by atoms with Gasteiger partial charge in [-0.2, -0.15) is 0 Å². The second-order valence-corrected chi connectivity index (χ2v) is 4.21. The third-order valence-corrected chi connectivity index (χ3v) is 3.07. The van der Waals surface area contributed by atoms with Gasteiger partial charge in [0.05, 0.1) is 18.4 Å². The van der Waals surface area contributed by atoms with Gasteiger partial charge in [0.15, 0.2) is 0 Å². The molecule has 1 N–H and O–H groups in total. The molecule has 0 aliphatic heterocycles. The van der Waals surface area contributed by atoms with Crippen molar-refractivity contribution in [2.75, 3.05) is 18.6 Å². The van der Waals surface area contributed by atoms with Gasteiger partial charge < -0.3 is 14.7 Å². The van der Waals surface area contributed by atoms with Gasteiger partial charge in [-0.05, 0) is 31.9 Å². The Bertz CT molecular complexity index is 427. The summed E-state index contributed by atoms with van der Waals surface area (Å²) in [6.07, 6.45) is 2.29. The Balaban J connectivity index is 2.42. The molecule has 17 heavy (non-hydrogen) atoms. The van der Waals surface area contributed by atoms with E-state index in [1.807, 2.05) is 13.0 Å². The van der Waals surface area contributed by atoms with Crippen LogP contribution in [0.15, 0.2) is 18.2 Å². The molecule has 92 valence electrons. The predicted octanol–water partition coefficient (Wildman–Crippen LogP) is 2.38. The first-order valence-electron chi connectivity index (χ1n) is 5.85. The van der Waals surface area contributed by atoms with E-state index in [2.05, 4.69) is 4.90 Å². The lowest BCUT2D eigenvalue weighted by Gasteiger charge is -2.24. The number of rotatable bonds is 5. The van der Waals surface area contributed by atoms with Crippen LogP contribution in [0.3, 0.4) is 0 Å². The molecule has 0 heterocycles. The summed E-state index contributed by atoms with van der Waals surface area (Å²) < 4.78 is 5.16. The Labute approximate surface area is 101 Å². The van der Waals surface area contributed by atoms with Crippen LogP contribution in [0, 0.1) is 0 Å². The van der Waals surface area contributed by atoms with Gasteiger partial charge in [-0.25, -0.2) is 4.79 Å². The molecule has 0 spiro atoms. The lowest BCUT2D eigenvalue weighted by atomic mass is 10.1. The molecular formula is C13H17NO3. The highest BCUT2D eigenvalue weighted by Crippen LogP contribution is 2.35. The minimum absolute atomic E-state index is 0.347. The Hall–Kier alpha value is -1.71. The summed E-state index contributed by atoms with van der Waals surface area (Å²) in [7, 11) is 1.59. The smallest absolute Gasteiger partial charge is 0.337 e. The van der Waals surface area contributed by atoms with Crippen LogP contribution in [0.4, 0.5) is 5.69 Å². The van der Waals surface area contributed by atoms with E-state index in [4.69, 9.17) is 4.74 Å². The van der Waals surface area contributed by atoms with E-state index in [1.165, 1.54) is 0 Å². The predicted molar refractivity (Wildman–Crippen MR) is 66.0 cm³/mol. The van der Waals surface area contributed by atoms with Crippen LogP contribution in [-0.2, 0) is 0 Å². The first-order chi connectivity index (χ1) is 8.17. The van der Waals surface area contributed by atoms with Crippen LogP contribution in [0.2, 0.25) is 0 Å². The zero-order valence-electron chi connectivity index (χ0n) is 10.1. The number of carboxylic acid groups (broad SMARTS) is 1. The number of benzene rings is 1. The number of methoxy groups -OCH3 is 1. The summed E-state index contributed by atoms with van der Waals surface area (Å²) in [6.45, 7) is 2.86. The average molecular weight is 235 g/mol. The summed E-state index contributed by atoms with van der Waals surface area (Å²) in [5.41, 5.74) is 1.11. The molecule has 0 unspecified atom stereocenters. The molecule has 1 aliphatic rings. The minimum atomic E-state index is -0.887. The van der Waals surface area contributed by atoms with Crippen molar-refractivity contribution in [1.82, 2.24) is 0 Å². The number of carbonyl (C=O) groups is 1. The van der Waals surface area contributed by atoms with Gasteiger partial charge in [-0.3, -0.25) is 0 Å². The zero-order valence-corrected chi connectivity index (χ0v) is 10.1. The Morgan fingerprint density at radius 1 is 1.53 bits per heavy atom. The summed E-state index contributed by atoms with van der Waals surface area (Å²) in [6, 6.07) is 5.60. The summed E-state index contributed by atoms with van der Waals surface area (Å²) >= 11 is 0.